The van der Waals surface area contributed by atoms with Crippen LogP contribution in [0.1, 0.15) is 5.56 Å². The molecule has 140 valence electrons. The number of benzene rings is 2. The van der Waals surface area contributed by atoms with Crippen molar-refractivity contribution >= 4 is 20.9 Å². The van der Waals surface area contributed by atoms with Crippen LogP contribution in [-0.4, -0.2) is 33.3 Å². The second kappa shape index (κ2) is 7.51. The van der Waals surface area contributed by atoms with Gasteiger partial charge in [0.05, 0.1) is 10.4 Å². The summed E-state index contributed by atoms with van der Waals surface area (Å²) in [7, 11) is -3.61. The molecule has 1 aliphatic heterocycles. The van der Waals surface area contributed by atoms with Crippen molar-refractivity contribution in [2.75, 3.05) is 19.9 Å². The number of aromatic nitrogens is 1. The van der Waals surface area contributed by atoms with Crippen LogP contribution in [0.4, 0.5) is 0 Å². The lowest BCUT2D eigenvalue weighted by atomic mass is 10.2. The van der Waals surface area contributed by atoms with Crippen molar-refractivity contribution in [1.82, 2.24) is 15.0 Å². The fourth-order valence-electron chi connectivity index (χ4n) is 2.94. The van der Waals surface area contributed by atoms with Gasteiger partial charge in [-0.15, -0.1) is 0 Å². The fraction of sp³-hybridized carbons (Fsp3) is 0.211. The van der Waals surface area contributed by atoms with Gasteiger partial charge in [-0.25, -0.2) is 13.1 Å². The molecule has 0 spiro atoms. The van der Waals surface area contributed by atoms with Crippen LogP contribution >= 0.6 is 0 Å². The number of hydrogen-bond acceptors (Lipinski definition) is 6. The highest BCUT2D eigenvalue weighted by atomic mass is 32.2. The molecule has 27 heavy (non-hydrogen) atoms. The maximum atomic E-state index is 12.6. The van der Waals surface area contributed by atoms with E-state index in [0.717, 1.165) is 17.1 Å². The molecular weight excluding hydrogens is 366 g/mol. The Hall–Kier alpha value is -2.68. The van der Waals surface area contributed by atoms with Crippen LogP contribution < -0.4 is 19.5 Å². The Kier molecular flexibility index (Phi) is 4.93. The van der Waals surface area contributed by atoms with E-state index in [0.29, 0.717) is 24.0 Å². The van der Waals surface area contributed by atoms with E-state index in [2.05, 4.69) is 15.0 Å². The van der Waals surface area contributed by atoms with Crippen molar-refractivity contribution in [3.8, 4) is 11.5 Å². The lowest BCUT2D eigenvalue weighted by Crippen LogP contribution is -2.31. The molecule has 4 rings (SSSR count). The van der Waals surface area contributed by atoms with Gasteiger partial charge in [0.25, 0.3) is 0 Å². The summed E-state index contributed by atoms with van der Waals surface area (Å²) in [5.41, 5.74) is 1.70. The summed E-state index contributed by atoms with van der Waals surface area (Å²) in [5.74, 6) is 1.48. The molecule has 3 aromatic rings. The van der Waals surface area contributed by atoms with Crippen molar-refractivity contribution in [2.45, 2.75) is 11.4 Å². The van der Waals surface area contributed by atoms with E-state index < -0.39 is 10.0 Å². The largest absolute Gasteiger partial charge is 0.454 e. The van der Waals surface area contributed by atoms with Gasteiger partial charge in [-0.2, -0.15) is 0 Å². The zero-order valence-corrected chi connectivity index (χ0v) is 15.3. The summed E-state index contributed by atoms with van der Waals surface area (Å²) in [6.45, 7) is 1.63. The molecule has 7 nitrogen and oxygen atoms in total. The summed E-state index contributed by atoms with van der Waals surface area (Å²) in [6, 6.07) is 14.3. The van der Waals surface area contributed by atoms with Crippen molar-refractivity contribution in [3.63, 3.8) is 0 Å². The number of fused-ring (bicyclic) bond motifs is 2. The van der Waals surface area contributed by atoms with Crippen molar-refractivity contribution in [3.05, 3.63) is 60.3 Å². The molecule has 0 unspecified atom stereocenters. The number of rotatable bonds is 7. The minimum absolute atomic E-state index is 0.240. The maximum Gasteiger partial charge on any atom is 0.241 e. The maximum absolute atomic E-state index is 12.6. The van der Waals surface area contributed by atoms with Crippen LogP contribution in [-0.2, 0) is 16.6 Å². The van der Waals surface area contributed by atoms with Crippen LogP contribution in [0, 0.1) is 0 Å². The Morgan fingerprint density at radius 2 is 1.89 bits per heavy atom. The first-order valence-electron chi connectivity index (χ1n) is 8.56. The normalized spacial score (nSPS) is 13.2. The molecule has 1 aromatic heterocycles. The zero-order chi connectivity index (χ0) is 18.7. The van der Waals surface area contributed by atoms with Crippen molar-refractivity contribution in [1.29, 1.82) is 0 Å². The van der Waals surface area contributed by atoms with Crippen LogP contribution in [0.2, 0.25) is 0 Å². The van der Waals surface area contributed by atoms with E-state index in [1.807, 2.05) is 18.2 Å². The smallest absolute Gasteiger partial charge is 0.241 e. The third-order valence-electron chi connectivity index (χ3n) is 4.26. The minimum atomic E-state index is -3.61. The van der Waals surface area contributed by atoms with Gasteiger partial charge in [0.1, 0.15) is 0 Å². The predicted molar refractivity (Wildman–Crippen MR) is 101 cm³/mol. The molecule has 0 fully saturated rings. The van der Waals surface area contributed by atoms with Gasteiger partial charge in [-0.1, -0.05) is 12.1 Å². The molecule has 0 saturated heterocycles. The number of pyridine rings is 1. The van der Waals surface area contributed by atoms with Gasteiger partial charge in [-0.3, -0.25) is 4.98 Å². The Balaban J connectivity index is 1.33. The number of hydrogen-bond donors (Lipinski definition) is 2. The standard InChI is InChI=1S/C19H19N3O4S/c23-27(24,19-5-1-4-16-15(19)3-2-8-21-16)22-10-9-20-12-14-6-7-17-18(11-14)26-13-25-17/h1-8,11,20,22H,9-10,12-13H2. The highest BCUT2D eigenvalue weighted by Gasteiger charge is 2.17. The van der Waals surface area contributed by atoms with Gasteiger partial charge in [0, 0.05) is 31.2 Å². The van der Waals surface area contributed by atoms with Gasteiger partial charge >= 0.3 is 0 Å². The summed E-state index contributed by atoms with van der Waals surface area (Å²) in [6.07, 6.45) is 1.65. The Bertz CT molecular complexity index is 1060. The molecule has 2 heterocycles. The van der Waals surface area contributed by atoms with E-state index in [4.69, 9.17) is 9.47 Å². The summed E-state index contributed by atoms with van der Waals surface area (Å²) in [4.78, 5) is 4.44. The minimum Gasteiger partial charge on any atom is -0.454 e. The number of nitrogens with one attached hydrogen (secondary N) is 2. The van der Waals surface area contributed by atoms with Gasteiger partial charge in [0.15, 0.2) is 11.5 Å². The molecule has 2 N–H and O–H groups in total. The van der Waals surface area contributed by atoms with Crippen LogP contribution in [0.5, 0.6) is 11.5 Å². The molecule has 0 atom stereocenters. The molecule has 0 bridgehead atoms. The molecule has 0 radical (unpaired) electrons. The highest BCUT2D eigenvalue weighted by Crippen LogP contribution is 2.32. The monoisotopic (exact) mass is 385 g/mol. The molecule has 0 aliphatic carbocycles. The molecule has 8 heteroatoms. The fourth-order valence-corrected chi connectivity index (χ4v) is 4.19. The van der Waals surface area contributed by atoms with Crippen molar-refractivity contribution in [2.24, 2.45) is 0 Å². The molecule has 1 aliphatic rings. The van der Waals surface area contributed by atoms with Gasteiger partial charge < -0.3 is 14.8 Å². The van der Waals surface area contributed by atoms with E-state index >= 15 is 0 Å². The molecule has 2 aromatic carbocycles. The summed E-state index contributed by atoms with van der Waals surface area (Å²) in [5, 5.41) is 3.83. The number of ether oxygens (including phenoxy) is 2. The zero-order valence-electron chi connectivity index (χ0n) is 14.5. The SMILES string of the molecule is O=S(=O)(NCCNCc1ccc2c(c1)OCO2)c1cccc2ncccc12. The summed E-state index contributed by atoms with van der Waals surface area (Å²) >= 11 is 0. The number of sulfonamides is 1. The lowest BCUT2D eigenvalue weighted by Gasteiger charge is -2.10. The third-order valence-corrected chi connectivity index (χ3v) is 5.77. The molecule has 0 amide bonds. The lowest BCUT2D eigenvalue weighted by molar-refractivity contribution is 0.174. The highest BCUT2D eigenvalue weighted by molar-refractivity contribution is 7.89. The Labute approximate surface area is 157 Å². The van der Waals surface area contributed by atoms with Gasteiger partial charge in [0.2, 0.25) is 16.8 Å². The first-order chi connectivity index (χ1) is 13.1. The topological polar surface area (TPSA) is 89.6 Å². The molecular formula is C19H19N3O4S. The van der Waals surface area contributed by atoms with E-state index in [9.17, 15) is 8.42 Å². The third kappa shape index (κ3) is 3.87. The second-order valence-corrected chi connectivity index (χ2v) is 7.82. The van der Waals surface area contributed by atoms with Crippen LogP contribution in [0.3, 0.4) is 0 Å². The Morgan fingerprint density at radius 3 is 2.81 bits per heavy atom. The van der Waals surface area contributed by atoms with Crippen LogP contribution in [0.15, 0.2) is 59.6 Å². The van der Waals surface area contributed by atoms with E-state index in [-0.39, 0.29) is 18.2 Å². The van der Waals surface area contributed by atoms with Crippen molar-refractivity contribution < 1.29 is 17.9 Å². The first-order valence-corrected chi connectivity index (χ1v) is 10.0. The van der Waals surface area contributed by atoms with Gasteiger partial charge in [-0.05, 0) is 42.0 Å². The second-order valence-electron chi connectivity index (χ2n) is 6.09. The van der Waals surface area contributed by atoms with E-state index in [1.165, 1.54) is 0 Å². The number of nitrogens with zero attached hydrogens (tertiary/aromatic N) is 1. The first kappa shape index (κ1) is 17.7. The average Bonchev–Trinajstić information content (AvgIpc) is 3.15. The predicted octanol–water partition coefficient (Wildman–Crippen LogP) is 2.03. The summed E-state index contributed by atoms with van der Waals surface area (Å²) < 4.78 is 38.5. The Morgan fingerprint density at radius 1 is 1.00 bits per heavy atom. The van der Waals surface area contributed by atoms with Crippen LogP contribution in [0.25, 0.3) is 10.9 Å². The quantitative estimate of drug-likeness (QED) is 0.605. The average molecular weight is 385 g/mol. The van der Waals surface area contributed by atoms with E-state index in [1.54, 1.807) is 36.5 Å². The molecule has 0 saturated carbocycles.